The molecule has 1 rings (SSSR count). The summed E-state index contributed by atoms with van der Waals surface area (Å²) < 4.78 is 31.2. The van der Waals surface area contributed by atoms with Gasteiger partial charge in [0.15, 0.2) is 0 Å². The lowest BCUT2D eigenvalue weighted by atomic mass is 10.2. The maximum absolute atomic E-state index is 11.5. The molecule has 6 nitrogen and oxygen atoms in total. The molecule has 0 aliphatic heterocycles. The molecule has 0 spiro atoms. The Balaban J connectivity index is 3.17. The van der Waals surface area contributed by atoms with Gasteiger partial charge in [-0.1, -0.05) is 0 Å². The number of ether oxygens (including phenoxy) is 1. The van der Waals surface area contributed by atoms with Gasteiger partial charge in [-0.05, 0) is 50.1 Å². The maximum atomic E-state index is 11.5. The van der Waals surface area contributed by atoms with Crippen LogP contribution in [0.25, 0.3) is 10.4 Å². The fourth-order valence-electron chi connectivity index (χ4n) is 1.26. The number of sulfonamides is 1. The molecule has 0 atom stereocenters. The number of hydrogen-bond acceptors (Lipinski definition) is 3. The zero-order valence-electron chi connectivity index (χ0n) is 9.78. The lowest BCUT2D eigenvalue weighted by Crippen LogP contribution is -2.07. The molecule has 0 N–H and O–H groups in total. The van der Waals surface area contributed by atoms with Crippen LogP contribution in [0.3, 0.4) is 0 Å². The standard InChI is InChI=1S/C10H13N3O3S/c1-7(2)16-10-5-4-9(6-8(10)3)17(14,15)13-12-11/h4-7H,1-3H3. The molecule has 0 amide bonds. The molecule has 0 unspecified atom stereocenters. The summed E-state index contributed by atoms with van der Waals surface area (Å²) in [6, 6.07) is 4.32. The first kappa shape index (κ1) is 13.3. The Morgan fingerprint density at radius 2 is 2.06 bits per heavy atom. The Bertz CT molecular complexity index is 560. The lowest BCUT2D eigenvalue weighted by Gasteiger charge is -2.12. The summed E-state index contributed by atoms with van der Waals surface area (Å²) in [4.78, 5) is 2.25. The van der Waals surface area contributed by atoms with E-state index in [-0.39, 0.29) is 11.0 Å². The summed E-state index contributed by atoms with van der Waals surface area (Å²) >= 11 is 0. The van der Waals surface area contributed by atoms with Crippen LogP contribution < -0.4 is 4.74 Å². The third kappa shape index (κ3) is 3.37. The molecule has 1 aromatic carbocycles. The third-order valence-corrected chi connectivity index (χ3v) is 3.09. The fourth-order valence-corrected chi connectivity index (χ4v) is 2.02. The normalized spacial score (nSPS) is 11.1. The van der Waals surface area contributed by atoms with E-state index in [0.29, 0.717) is 11.3 Å². The van der Waals surface area contributed by atoms with Crippen molar-refractivity contribution in [3.8, 4) is 5.75 Å². The van der Waals surface area contributed by atoms with E-state index < -0.39 is 10.0 Å². The van der Waals surface area contributed by atoms with Gasteiger partial charge < -0.3 is 4.74 Å². The zero-order valence-corrected chi connectivity index (χ0v) is 10.6. The highest BCUT2D eigenvalue weighted by Gasteiger charge is 2.13. The van der Waals surface area contributed by atoms with Crippen molar-refractivity contribution in [2.45, 2.75) is 31.8 Å². The van der Waals surface area contributed by atoms with Gasteiger partial charge in [0.25, 0.3) is 10.0 Å². The van der Waals surface area contributed by atoms with Crippen molar-refractivity contribution in [1.29, 1.82) is 0 Å². The smallest absolute Gasteiger partial charge is 0.264 e. The molecular weight excluding hydrogens is 242 g/mol. The predicted octanol–water partition coefficient (Wildman–Crippen LogP) is 2.78. The van der Waals surface area contributed by atoms with Crippen LogP contribution in [0.4, 0.5) is 0 Å². The van der Waals surface area contributed by atoms with Crippen molar-refractivity contribution in [3.05, 3.63) is 34.2 Å². The quantitative estimate of drug-likeness (QED) is 0.470. The van der Waals surface area contributed by atoms with Crippen molar-refractivity contribution in [3.63, 3.8) is 0 Å². The van der Waals surface area contributed by atoms with E-state index >= 15 is 0 Å². The predicted molar refractivity (Wildman–Crippen MR) is 63.3 cm³/mol. The molecule has 0 saturated carbocycles. The lowest BCUT2D eigenvalue weighted by molar-refractivity contribution is 0.240. The van der Waals surface area contributed by atoms with Gasteiger partial charge in [0, 0.05) is 9.43 Å². The second-order valence-electron chi connectivity index (χ2n) is 3.74. The number of nitrogens with zero attached hydrogens (tertiary/aromatic N) is 3. The summed E-state index contributed by atoms with van der Waals surface area (Å²) in [6.07, 6.45) is 0.00767. The minimum absolute atomic E-state index is 0.00767. The SMILES string of the molecule is Cc1cc(S(=O)(=O)N=[N+]=[N-])ccc1OC(C)C. The largest absolute Gasteiger partial charge is 0.491 e. The number of benzene rings is 1. The molecule has 92 valence electrons. The summed E-state index contributed by atoms with van der Waals surface area (Å²) in [7, 11) is -3.93. The monoisotopic (exact) mass is 255 g/mol. The van der Waals surface area contributed by atoms with Crippen molar-refractivity contribution in [2.24, 2.45) is 4.52 Å². The second-order valence-corrected chi connectivity index (χ2v) is 5.32. The molecule has 0 aromatic heterocycles. The van der Waals surface area contributed by atoms with Gasteiger partial charge in [0.1, 0.15) is 5.75 Å². The van der Waals surface area contributed by atoms with Crippen LogP contribution in [0.15, 0.2) is 27.6 Å². The van der Waals surface area contributed by atoms with E-state index in [4.69, 9.17) is 10.3 Å². The molecule has 0 aliphatic carbocycles. The van der Waals surface area contributed by atoms with Crippen LogP contribution in [0.1, 0.15) is 19.4 Å². The van der Waals surface area contributed by atoms with Gasteiger partial charge in [-0.2, -0.15) is 0 Å². The summed E-state index contributed by atoms with van der Waals surface area (Å²) in [5, 5.41) is 0. The molecule has 0 saturated heterocycles. The molecule has 0 aliphatic rings. The van der Waals surface area contributed by atoms with Crippen LogP contribution in [-0.4, -0.2) is 14.5 Å². The Kier molecular flexibility index (Phi) is 3.98. The number of rotatable bonds is 4. The topological polar surface area (TPSA) is 92.1 Å². The number of azide groups is 1. The van der Waals surface area contributed by atoms with Crippen molar-refractivity contribution < 1.29 is 13.2 Å². The highest BCUT2D eigenvalue weighted by molar-refractivity contribution is 7.90. The van der Waals surface area contributed by atoms with Crippen LogP contribution >= 0.6 is 0 Å². The Morgan fingerprint density at radius 1 is 1.41 bits per heavy atom. The highest BCUT2D eigenvalue weighted by Crippen LogP contribution is 2.23. The Hall–Kier alpha value is -1.72. The van der Waals surface area contributed by atoms with Gasteiger partial charge in [0.05, 0.1) is 11.0 Å². The van der Waals surface area contributed by atoms with Gasteiger partial charge in [0.2, 0.25) is 0 Å². The van der Waals surface area contributed by atoms with Crippen LogP contribution in [0.5, 0.6) is 5.75 Å². The number of aryl methyl sites for hydroxylation is 1. The first-order valence-corrected chi connectivity index (χ1v) is 6.39. The van der Waals surface area contributed by atoms with Crippen LogP contribution in [-0.2, 0) is 10.0 Å². The first-order valence-electron chi connectivity index (χ1n) is 4.95. The molecule has 0 radical (unpaired) electrons. The van der Waals surface area contributed by atoms with Crippen LogP contribution in [0.2, 0.25) is 0 Å². The van der Waals surface area contributed by atoms with E-state index in [9.17, 15) is 8.42 Å². The Morgan fingerprint density at radius 3 is 2.53 bits per heavy atom. The van der Waals surface area contributed by atoms with Gasteiger partial charge >= 0.3 is 0 Å². The third-order valence-electron chi connectivity index (χ3n) is 1.95. The molecule has 1 aromatic rings. The molecule has 0 heterocycles. The summed E-state index contributed by atoms with van der Waals surface area (Å²) in [5.41, 5.74) is 8.83. The van der Waals surface area contributed by atoms with E-state index in [1.807, 2.05) is 13.8 Å². The Labute approximate surface area is 99.9 Å². The van der Waals surface area contributed by atoms with E-state index in [2.05, 4.69) is 9.43 Å². The van der Waals surface area contributed by atoms with Crippen molar-refractivity contribution >= 4 is 10.0 Å². The van der Waals surface area contributed by atoms with E-state index in [1.54, 1.807) is 13.0 Å². The summed E-state index contributed by atoms with van der Waals surface area (Å²) in [6.45, 7) is 5.49. The van der Waals surface area contributed by atoms with Crippen molar-refractivity contribution in [2.75, 3.05) is 0 Å². The molecule has 17 heavy (non-hydrogen) atoms. The zero-order chi connectivity index (χ0) is 13.1. The average Bonchev–Trinajstić information content (AvgIpc) is 2.20. The van der Waals surface area contributed by atoms with E-state index in [0.717, 1.165) is 0 Å². The maximum Gasteiger partial charge on any atom is 0.264 e. The fraction of sp³-hybridized carbons (Fsp3) is 0.400. The molecule has 0 bridgehead atoms. The summed E-state index contributed by atoms with van der Waals surface area (Å²) in [5.74, 6) is 0.611. The van der Waals surface area contributed by atoms with Crippen LogP contribution in [0, 0.1) is 6.92 Å². The second kappa shape index (κ2) is 5.07. The number of hydrogen-bond donors (Lipinski definition) is 0. The van der Waals surface area contributed by atoms with E-state index in [1.165, 1.54) is 12.1 Å². The first-order chi connectivity index (χ1) is 7.86. The minimum atomic E-state index is -3.93. The average molecular weight is 255 g/mol. The van der Waals surface area contributed by atoms with Gasteiger partial charge in [-0.15, -0.1) is 0 Å². The molecular formula is C10H13N3O3S. The molecule has 7 heteroatoms. The van der Waals surface area contributed by atoms with Crippen molar-refractivity contribution in [1.82, 2.24) is 0 Å². The minimum Gasteiger partial charge on any atom is -0.491 e. The molecule has 0 fully saturated rings. The van der Waals surface area contributed by atoms with Gasteiger partial charge in [-0.3, -0.25) is 0 Å². The van der Waals surface area contributed by atoms with Gasteiger partial charge in [-0.25, -0.2) is 8.42 Å². The highest BCUT2D eigenvalue weighted by atomic mass is 32.2.